The number of halogens is 2. The summed E-state index contributed by atoms with van der Waals surface area (Å²) in [6, 6.07) is 18.8. The lowest BCUT2D eigenvalue weighted by Crippen LogP contribution is -2.21. The number of ketones is 1. The second-order valence-electron chi connectivity index (χ2n) is 9.67. The first-order chi connectivity index (χ1) is 21.6. The van der Waals surface area contributed by atoms with Crippen molar-refractivity contribution in [2.75, 3.05) is 19.8 Å². The van der Waals surface area contributed by atoms with Gasteiger partial charge >= 0.3 is 17.9 Å². The number of ether oxygens (including phenoxy) is 4. The molecule has 0 radical (unpaired) electrons. The largest absolute Gasteiger partial charge is 0.490 e. The molecule has 45 heavy (non-hydrogen) atoms. The van der Waals surface area contributed by atoms with Crippen LogP contribution in [0.1, 0.15) is 29.6 Å². The van der Waals surface area contributed by atoms with Crippen molar-refractivity contribution in [2.24, 2.45) is 0 Å². The Bertz CT molecular complexity index is 1660. The highest BCUT2D eigenvalue weighted by Crippen LogP contribution is 2.29. The summed E-state index contributed by atoms with van der Waals surface area (Å²) in [5, 5.41) is 8.61. The Morgan fingerprint density at radius 1 is 0.756 bits per heavy atom. The van der Waals surface area contributed by atoms with E-state index < -0.39 is 41.9 Å². The maximum atomic E-state index is 14.6. The minimum atomic E-state index is -1.20. The number of allylic oxidation sites excluding steroid dienone is 4. The lowest BCUT2D eigenvalue weighted by Gasteiger charge is -2.14. The van der Waals surface area contributed by atoms with Gasteiger partial charge in [-0.1, -0.05) is 49.0 Å². The van der Waals surface area contributed by atoms with Gasteiger partial charge in [-0.05, 0) is 58.7 Å². The summed E-state index contributed by atoms with van der Waals surface area (Å²) >= 11 is 0. The second-order valence-corrected chi connectivity index (χ2v) is 9.67. The molecular weight excluding hydrogens is 590 g/mol. The second kappa shape index (κ2) is 15.3. The van der Waals surface area contributed by atoms with Crippen LogP contribution in [0.3, 0.4) is 0 Å². The Morgan fingerprint density at radius 2 is 1.31 bits per heavy atom. The van der Waals surface area contributed by atoms with E-state index >= 15 is 0 Å². The maximum Gasteiger partial charge on any atom is 0.377 e. The number of aliphatic hydroxyl groups is 1. The molecule has 0 saturated heterocycles. The fraction of sp³-hybridized carbons (Fsp3) is 0.176. The van der Waals surface area contributed by atoms with E-state index in [2.05, 4.69) is 11.3 Å². The van der Waals surface area contributed by atoms with Crippen LogP contribution in [-0.4, -0.2) is 48.6 Å². The van der Waals surface area contributed by atoms with Gasteiger partial charge in [0.1, 0.15) is 18.1 Å². The summed E-state index contributed by atoms with van der Waals surface area (Å²) in [5.41, 5.74) is 3.46. The molecule has 9 nitrogen and oxygen atoms in total. The number of Topliss-reactive ketones (excluding diaryl/α,β-unsaturated/α-hetero) is 1. The minimum absolute atomic E-state index is 0.0263. The molecule has 0 spiro atoms. The Balaban J connectivity index is 1.29. The number of aliphatic hydroxyl groups excluding tert-OH is 1. The fourth-order valence-corrected chi connectivity index (χ4v) is 4.12. The fourth-order valence-electron chi connectivity index (χ4n) is 4.12. The average Bonchev–Trinajstić information content (AvgIpc) is 3.05. The van der Waals surface area contributed by atoms with Crippen molar-refractivity contribution in [2.45, 2.75) is 19.3 Å². The number of rotatable bonds is 13. The molecule has 11 heteroatoms. The van der Waals surface area contributed by atoms with Gasteiger partial charge in [-0.3, -0.25) is 4.79 Å². The van der Waals surface area contributed by atoms with Gasteiger partial charge in [0.25, 0.3) is 5.78 Å². The van der Waals surface area contributed by atoms with E-state index in [1.165, 1.54) is 24.3 Å². The molecule has 0 fully saturated rings. The molecule has 3 aromatic carbocycles. The van der Waals surface area contributed by atoms with Crippen molar-refractivity contribution in [3.63, 3.8) is 0 Å². The number of hydrogen-bond acceptors (Lipinski definition) is 9. The molecule has 232 valence electrons. The third-order valence-corrected chi connectivity index (χ3v) is 6.50. The molecule has 0 amide bonds. The maximum absolute atomic E-state index is 14.6. The summed E-state index contributed by atoms with van der Waals surface area (Å²) in [5.74, 6) is -5.00. The van der Waals surface area contributed by atoms with Crippen LogP contribution in [0.15, 0.2) is 103 Å². The zero-order valence-corrected chi connectivity index (χ0v) is 23.9. The summed E-state index contributed by atoms with van der Waals surface area (Å²) in [6.45, 7) is 1.91. The van der Waals surface area contributed by atoms with E-state index in [4.69, 9.17) is 19.3 Å². The molecule has 0 aromatic heterocycles. The molecule has 0 saturated carbocycles. The molecule has 0 unspecified atom stereocenters. The van der Waals surface area contributed by atoms with Gasteiger partial charge < -0.3 is 24.1 Å². The van der Waals surface area contributed by atoms with E-state index in [1.54, 1.807) is 30.3 Å². The standard InChI is InChI=1S/C34H28F2O9/c1-21(35)32(39)44-27-12-14-28(15-13-27)45-33(40)25-9-7-23(8-10-25)22-3-5-24(6-4-22)26-11-16-31(29(36)19-26)42-17-2-18-43-34(41)30(38)20-37/h3-12,14,16,19,37H,1-2,13,15,17-18,20H2. The number of esters is 3. The number of benzene rings is 3. The van der Waals surface area contributed by atoms with Crippen LogP contribution in [-0.2, 0) is 28.6 Å². The third-order valence-electron chi connectivity index (χ3n) is 6.50. The van der Waals surface area contributed by atoms with Gasteiger partial charge in [0.2, 0.25) is 5.83 Å². The van der Waals surface area contributed by atoms with Gasteiger partial charge in [0, 0.05) is 19.3 Å². The highest BCUT2D eigenvalue weighted by Gasteiger charge is 2.17. The smallest absolute Gasteiger partial charge is 0.377 e. The minimum Gasteiger partial charge on any atom is -0.490 e. The van der Waals surface area contributed by atoms with E-state index in [-0.39, 0.29) is 37.6 Å². The molecule has 1 aliphatic rings. The highest BCUT2D eigenvalue weighted by molar-refractivity contribution is 6.34. The highest BCUT2D eigenvalue weighted by atomic mass is 19.1. The molecule has 0 aliphatic heterocycles. The van der Waals surface area contributed by atoms with E-state index in [0.717, 1.165) is 16.7 Å². The van der Waals surface area contributed by atoms with E-state index in [0.29, 0.717) is 23.3 Å². The zero-order chi connectivity index (χ0) is 32.3. The SMILES string of the molecule is C=C(F)C(=O)OC1=CC=C(OC(=O)c2ccc(-c3ccc(-c4ccc(OCCCOC(=O)C(=O)CO)c(F)c4)cc3)cc2)CC1. The molecule has 4 rings (SSSR count). The Kier molecular flexibility index (Phi) is 11.1. The quantitative estimate of drug-likeness (QED) is 0.0835. The van der Waals surface area contributed by atoms with Crippen LogP contribution in [0.4, 0.5) is 8.78 Å². The Hall–Kier alpha value is -5.42. The third kappa shape index (κ3) is 9.04. The topological polar surface area (TPSA) is 125 Å². The number of carbonyl (C=O) groups is 4. The summed E-state index contributed by atoms with van der Waals surface area (Å²) in [6.07, 6.45) is 3.71. The predicted octanol–water partition coefficient (Wildman–Crippen LogP) is 5.78. The van der Waals surface area contributed by atoms with Crippen LogP contribution in [0, 0.1) is 5.82 Å². The number of carbonyl (C=O) groups excluding carboxylic acids is 4. The van der Waals surface area contributed by atoms with Crippen molar-refractivity contribution in [1.29, 1.82) is 0 Å². The van der Waals surface area contributed by atoms with E-state index in [9.17, 15) is 28.0 Å². The zero-order valence-electron chi connectivity index (χ0n) is 23.9. The van der Waals surface area contributed by atoms with Crippen LogP contribution >= 0.6 is 0 Å². The average molecular weight is 619 g/mol. The van der Waals surface area contributed by atoms with Crippen molar-refractivity contribution in [1.82, 2.24) is 0 Å². The van der Waals surface area contributed by atoms with E-state index in [1.807, 2.05) is 24.3 Å². The molecule has 0 bridgehead atoms. The van der Waals surface area contributed by atoms with Gasteiger partial charge in [-0.2, -0.15) is 4.39 Å². The first kappa shape index (κ1) is 32.5. The predicted molar refractivity (Wildman–Crippen MR) is 158 cm³/mol. The van der Waals surface area contributed by atoms with Crippen molar-refractivity contribution in [3.8, 4) is 28.0 Å². The first-order valence-corrected chi connectivity index (χ1v) is 13.8. The Morgan fingerprint density at radius 3 is 1.87 bits per heavy atom. The van der Waals surface area contributed by atoms with Crippen LogP contribution in [0.5, 0.6) is 5.75 Å². The first-order valence-electron chi connectivity index (χ1n) is 13.8. The monoisotopic (exact) mass is 618 g/mol. The van der Waals surface area contributed by atoms with Crippen LogP contribution < -0.4 is 4.74 Å². The number of hydrogen-bond donors (Lipinski definition) is 1. The molecule has 0 heterocycles. The molecule has 1 aliphatic carbocycles. The molecule has 1 N–H and O–H groups in total. The van der Waals surface area contributed by atoms with Crippen molar-refractivity contribution in [3.05, 3.63) is 114 Å². The lowest BCUT2D eigenvalue weighted by atomic mass is 9.99. The summed E-state index contributed by atoms with van der Waals surface area (Å²) in [7, 11) is 0. The van der Waals surface area contributed by atoms with Crippen LogP contribution in [0.2, 0.25) is 0 Å². The summed E-state index contributed by atoms with van der Waals surface area (Å²) < 4.78 is 47.8. The van der Waals surface area contributed by atoms with Crippen molar-refractivity contribution < 1.29 is 52.0 Å². The molecular formula is C34H28F2O9. The van der Waals surface area contributed by atoms with Gasteiger partial charge in [-0.25, -0.2) is 18.8 Å². The van der Waals surface area contributed by atoms with Crippen molar-refractivity contribution >= 4 is 23.7 Å². The normalized spacial score (nSPS) is 12.3. The molecule has 0 atom stereocenters. The lowest BCUT2D eigenvalue weighted by molar-refractivity contribution is -0.155. The summed E-state index contributed by atoms with van der Waals surface area (Å²) in [4.78, 5) is 46.1. The van der Waals surface area contributed by atoms with Gasteiger partial charge in [0.15, 0.2) is 11.6 Å². The van der Waals surface area contributed by atoms with Crippen LogP contribution in [0.25, 0.3) is 22.3 Å². The molecule has 3 aromatic rings. The Labute approximate surface area is 257 Å². The van der Waals surface area contributed by atoms with Gasteiger partial charge in [0.05, 0.1) is 18.8 Å². The van der Waals surface area contributed by atoms with Gasteiger partial charge in [-0.15, -0.1) is 0 Å².